The van der Waals surface area contributed by atoms with Gasteiger partial charge in [0.2, 0.25) is 0 Å². The third-order valence-electron chi connectivity index (χ3n) is 7.19. The number of nitro benzene ring substituents is 1. The Hall–Kier alpha value is -5.10. The van der Waals surface area contributed by atoms with Gasteiger partial charge in [0.25, 0.3) is 17.5 Å². The average Bonchev–Trinajstić information content (AvgIpc) is 3.42. The predicted molar refractivity (Wildman–Crippen MR) is 160 cm³/mol. The fourth-order valence-corrected chi connectivity index (χ4v) is 5.16. The number of nitro groups is 1. The summed E-state index contributed by atoms with van der Waals surface area (Å²) in [7, 11) is 3.08. The van der Waals surface area contributed by atoms with Crippen LogP contribution >= 0.6 is 11.6 Å². The quantitative estimate of drug-likeness (QED) is 0.205. The van der Waals surface area contributed by atoms with Gasteiger partial charge in [0.05, 0.1) is 29.9 Å². The van der Waals surface area contributed by atoms with Crippen LogP contribution in [-0.2, 0) is 0 Å². The molecule has 1 N–H and O–H groups in total. The van der Waals surface area contributed by atoms with Gasteiger partial charge < -0.3 is 29.1 Å². The highest BCUT2D eigenvalue weighted by Crippen LogP contribution is 2.37. The highest BCUT2D eigenvalue weighted by atomic mass is 35.5. The van der Waals surface area contributed by atoms with E-state index in [1.54, 1.807) is 55.3 Å². The van der Waals surface area contributed by atoms with E-state index >= 15 is 0 Å². The third kappa shape index (κ3) is 6.09. The van der Waals surface area contributed by atoms with Crippen molar-refractivity contribution in [3.63, 3.8) is 0 Å². The van der Waals surface area contributed by atoms with Crippen molar-refractivity contribution < 1.29 is 28.5 Å². The Bertz CT molecular complexity index is 1680. The fraction of sp³-hybridized carbons (Fsp3) is 0.233. The number of aryl methyl sites for hydroxylation is 1. The lowest BCUT2D eigenvalue weighted by Crippen LogP contribution is -2.49. The third-order valence-corrected chi connectivity index (χ3v) is 7.49. The minimum atomic E-state index is -0.600. The van der Waals surface area contributed by atoms with E-state index in [2.05, 4.69) is 10.5 Å². The van der Waals surface area contributed by atoms with Crippen molar-refractivity contribution in [2.75, 3.05) is 50.6 Å². The molecule has 0 bridgehead atoms. The van der Waals surface area contributed by atoms with Crippen LogP contribution in [0.4, 0.5) is 17.1 Å². The second-order valence-corrected chi connectivity index (χ2v) is 10.1. The van der Waals surface area contributed by atoms with Crippen molar-refractivity contribution >= 4 is 40.5 Å². The second-order valence-electron chi connectivity index (χ2n) is 9.73. The van der Waals surface area contributed by atoms with E-state index in [0.717, 1.165) is 0 Å². The number of nitrogens with zero attached hydrogens (tertiary/aromatic N) is 4. The number of carbonyl (C=O) groups is 2. The van der Waals surface area contributed by atoms with Crippen molar-refractivity contribution in [1.29, 1.82) is 0 Å². The highest BCUT2D eigenvalue weighted by molar-refractivity contribution is 6.33. The van der Waals surface area contributed by atoms with Crippen LogP contribution in [-0.4, -0.2) is 67.2 Å². The molecule has 5 rings (SSSR count). The topological polar surface area (TPSA) is 140 Å². The zero-order valence-electron chi connectivity index (χ0n) is 23.6. The molecule has 1 aliphatic heterocycles. The number of aromatic nitrogens is 1. The smallest absolute Gasteiger partial charge is 0.294 e. The molecule has 0 saturated carbocycles. The van der Waals surface area contributed by atoms with Crippen LogP contribution in [0.3, 0.4) is 0 Å². The number of rotatable bonds is 8. The van der Waals surface area contributed by atoms with Gasteiger partial charge in [0, 0.05) is 43.4 Å². The van der Waals surface area contributed by atoms with Gasteiger partial charge in [-0.25, -0.2) is 0 Å². The summed E-state index contributed by atoms with van der Waals surface area (Å²) in [6.07, 6.45) is 0. The molecule has 2 heterocycles. The molecule has 13 heteroatoms. The lowest BCUT2D eigenvalue weighted by atomic mass is 10.0. The molecular formula is C30H28ClN5O7. The summed E-state index contributed by atoms with van der Waals surface area (Å²) >= 11 is 6.50. The lowest BCUT2D eigenvalue weighted by molar-refractivity contribution is -0.383. The number of anilines is 2. The first-order chi connectivity index (χ1) is 20.7. The van der Waals surface area contributed by atoms with Crippen molar-refractivity contribution in [3.05, 3.63) is 92.7 Å². The van der Waals surface area contributed by atoms with Gasteiger partial charge >= 0.3 is 0 Å². The van der Waals surface area contributed by atoms with Crippen LogP contribution < -0.4 is 19.7 Å². The van der Waals surface area contributed by atoms with Gasteiger partial charge in [-0.2, -0.15) is 0 Å². The number of methoxy groups -OCH3 is 2. The second kappa shape index (κ2) is 12.4. The SMILES string of the molecule is COc1ccc(C(=O)Nc2cc(N3CCN(C(=O)c4c(-c5cccc(OC)c5)noc4C)CC3)c(Cl)cc2[N+](=O)[O-])cc1. The summed E-state index contributed by atoms with van der Waals surface area (Å²) in [6.45, 7) is 3.18. The maximum absolute atomic E-state index is 13.6. The molecule has 4 aromatic rings. The summed E-state index contributed by atoms with van der Waals surface area (Å²) in [5.74, 6) is 0.860. The normalized spacial score (nSPS) is 13.0. The number of nitrogens with one attached hydrogen (secondary N) is 1. The number of amides is 2. The molecular weight excluding hydrogens is 578 g/mol. The van der Waals surface area contributed by atoms with Gasteiger partial charge in [0.1, 0.15) is 34.2 Å². The largest absolute Gasteiger partial charge is 0.497 e. The van der Waals surface area contributed by atoms with Crippen LogP contribution in [0.15, 0.2) is 65.2 Å². The van der Waals surface area contributed by atoms with Crippen molar-refractivity contribution in [1.82, 2.24) is 10.1 Å². The molecule has 0 aliphatic carbocycles. The monoisotopic (exact) mass is 605 g/mol. The van der Waals surface area contributed by atoms with Gasteiger partial charge in [-0.15, -0.1) is 0 Å². The minimum absolute atomic E-state index is 0.00625. The summed E-state index contributed by atoms with van der Waals surface area (Å²) in [6, 6.07) is 16.3. The van der Waals surface area contributed by atoms with E-state index < -0.39 is 10.8 Å². The van der Waals surface area contributed by atoms with E-state index in [-0.39, 0.29) is 22.3 Å². The Morgan fingerprint density at radius 1 is 1.00 bits per heavy atom. The standard InChI is InChI=1S/C30H28ClN5O7/c1-18-27(28(33-43-18)20-5-4-6-22(15-20)42-3)30(38)35-13-11-34(12-14-35)25-17-24(26(36(39)40)16-23(25)31)32-29(37)19-7-9-21(41-2)10-8-19/h4-10,15-17H,11-14H2,1-3H3,(H,32,37). The summed E-state index contributed by atoms with van der Waals surface area (Å²) in [4.78, 5) is 41.3. The van der Waals surface area contributed by atoms with Gasteiger partial charge in [-0.1, -0.05) is 28.9 Å². The minimum Gasteiger partial charge on any atom is -0.497 e. The van der Waals surface area contributed by atoms with Crippen LogP contribution in [0.5, 0.6) is 11.5 Å². The Morgan fingerprint density at radius 3 is 2.35 bits per heavy atom. The molecule has 0 radical (unpaired) electrons. The average molecular weight is 606 g/mol. The van der Waals surface area contributed by atoms with Crippen molar-refractivity contribution in [3.8, 4) is 22.8 Å². The molecule has 222 valence electrons. The van der Waals surface area contributed by atoms with Gasteiger partial charge in [-0.3, -0.25) is 19.7 Å². The van der Waals surface area contributed by atoms with Crippen LogP contribution in [0.1, 0.15) is 26.5 Å². The van der Waals surface area contributed by atoms with E-state index in [4.69, 9.17) is 25.6 Å². The number of hydrogen-bond acceptors (Lipinski definition) is 9. The first-order valence-electron chi connectivity index (χ1n) is 13.3. The van der Waals surface area contributed by atoms with Crippen molar-refractivity contribution in [2.24, 2.45) is 0 Å². The molecule has 3 aromatic carbocycles. The number of ether oxygens (including phenoxy) is 2. The number of carbonyl (C=O) groups excluding carboxylic acids is 2. The fourth-order valence-electron chi connectivity index (χ4n) is 4.88. The molecule has 1 saturated heterocycles. The molecule has 1 aliphatic rings. The molecule has 1 aromatic heterocycles. The molecule has 1 fully saturated rings. The number of benzene rings is 3. The molecule has 0 atom stereocenters. The van der Waals surface area contributed by atoms with E-state index in [1.165, 1.54) is 19.2 Å². The molecule has 0 spiro atoms. The summed E-state index contributed by atoms with van der Waals surface area (Å²) in [5.41, 5.74) is 1.97. The number of piperazine rings is 1. The predicted octanol–water partition coefficient (Wildman–Crippen LogP) is 5.44. The Labute approximate surface area is 251 Å². The molecule has 0 unspecified atom stereocenters. The van der Waals surface area contributed by atoms with Gasteiger partial charge in [0.15, 0.2) is 0 Å². The van der Waals surface area contributed by atoms with Crippen LogP contribution in [0.2, 0.25) is 5.02 Å². The van der Waals surface area contributed by atoms with E-state index in [9.17, 15) is 19.7 Å². The van der Waals surface area contributed by atoms with Crippen LogP contribution in [0, 0.1) is 17.0 Å². The zero-order chi connectivity index (χ0) is 30.7. The van der Waals surface area contributed by atoms with Crippen LogP contribution in [0.25, 0.3) is 11.3 Å². The molecule has 43 heavy (non-hydrogen) atoms. The maximum Gasteiger partial charge on any atom is 0.294 e. The van der Waals surface area contributed by atoms with Gasteiger partial charge in [-0.05, 0) is 49.4 Å². The number of hydrogen-bond donors (Lipinski definition) is 1. The Morgan fingerprint density at radius 2 is 1.70 bits per heavy atom. The summed E-state index contributed by atoms with van der Waals surface area (Å²) in [5, 5.41) is 18.7. The molecule has 2 amide bonds. The number of halogens is 1. The maximum atomic E-state index is 13.6. The lowest BCUT2D eigenvalue weighted by Gasteiger charge is -2.36. The first kappa shape index (κ1) is 29.4. The van der Waals surface area contributed by atoms with E-state index in [0.29, 0.717) is 71.5 Å². The Balaban J connectivity index is 1.34. The van der Waals surface area contributed by atoms with E-state index in [1.807, 2.05) is 17.0 Å². The zero-order valence-corrected chi connectivity index (χ0v) is 24.4. The summed E-state index contributed by atoms with van der Waals surface area (Å²) < 4.78 is 15.8. The molecule has 12 nitrogen and oxygen atoms in total. The first-order valence-corrected chi connectivity index (χ1v) is 13.7. The highest BCUT2D eigenvalue weighted by Gasteiger charge is 2.30. The Kier molecular flexibility index (Phi) is 8.48. The van der Waals surface area contributed by atoms with Crippen molar-refractivity contribution in [2.45, 2.75) is 6.92 Å².